The van der Waals surface area contributed by atoms with E-state index in [1.54, 1.807) is 6.92 Å². The van der Waals surface area contributed by atoms with Gasteiger partial charge in [-0.05, 0) is 25.8 Å². The topological polar surface area (TPSA) is 92.4 Å². The van der Waals surface area contributed by atoms with Gasteiger partial charge in [-0.15, -0.1) is 0 Å². The predicted octanol–water partition coefficient (Wildman–Crippen LogP) is 1.96. The summed E-state index contributed by atoms with van der Waals surface area (Å²) in [4.78, 5) is 27.1. The van der Waals surface area contributed by atoms with Crippen LogP contribution >= 0.6 is 0 Å². The molecule has 1 aromatic carbocycles. The zero-order chi connectivity index (χ0) is 16.1. The first-order valence-electron chi connectivity index (χ1n) is 6.94. The maximum atomic E-state index is 11.9. The third-order valence-corrected chi connectivity index (χ3v) is 3.42. The molecular formula is C16H18N2O4. The number of carboxylic acids is 1. The number of benzene rings is 1. The van der Waals surface area contributed by atoms with E-state index in [1.807, 2.05) is 31.2 Å². The fraction of sp³-hybridized carbons (Fsp3) is 0.312. The minimum atomic E-state index is -0.947. The number of hydrogen-bond donors (Lipinski definition) is 2. The Balaban J connectivity index is 1.97. The number of carboxylic acid groups (broad SMARTS) is 1. The maximum Gasteiger partial charge on any atom is 0.308 e. The molecule has 0 aliphatic heterocycles. The number of rotatable bonds is 6. The Morgan fingerprint density at radius 3 is 2.50 bits per heavy atom. The second kappa shape index (κ2) is 6.89. The first-order valence-corrected chi connectivity index (χ1v) is 6.94. The number of amides is 1. The minimum Gasteiger partial charge on any atom is -0.481 e. The molecule has 1 aromatic heterocycles. The SMILES string of the molecule is Cc1ccc(C[C@@H](CNC(=O)c2ncoc2C)C(=O)O)cc1. The van der Waals surface area contributed by atoms with Crippen LogP contribution in [-0.2, 0) is 11.2 Å². The summed E-state index contributed by atoms with van der Waals surface area (Å²) in [7, 11) is 0. The highest BCUT2D eigenvalue weighted by atomic mass is 16.4. The Labute approximate surface area is 128 Å². The molecule has 0 spiro atoms. The lowest BCUT2D eigenvalue weighted by Gasteiger charge is -2.13. The highest BCUT2D eigenvalue weighted by Gasteiger charge is 2.21. The summed E-state index contributed by atoms with van der Waals surface area (Å²) in [5.74, 6) is -1.67. The maximum absolute atomic E-state index is 11.9. The minimum absolute atomic E-state index is 0.0361. The molecule has 22 heavy (non-hydrogen) atoms. The number of carbonyl (C=O) groups is 2. The summed E-state index contributed by atoms with van der Waals surface area (Å²) < 4.78 is 4.96. The molecule has 6 heteroatoms. The standard InChI is InChI=1S/C16H18N2O4/c1-10-3-5-12(6-4-10)7-13(16(20)21)8-17-15(19)14-11(2)22-9-18-14/h3-6,9,13H,7-8H2,1-2H3,(H,17,19)(H,20,21)/t13-/m0/s1. The number of hydrogen-bond acceptors (Lipinski definition) is 4. The van der Waals surface area contributed by atoms with Crippen LogP contribution < -0.4 is 5.32 Å². The molecule has 0 aliphatic rings. The van der Waals surface area contributed by atoms with Crippen LogP contribution in [0, 0.1) is 19.8 Å². The Hall–Kier alpha value is -2.63. The molecule has 2 rings (SSSR count). The van der Waals surface area contributed by atoms with E-state index in [9.17, 15) is 14.7 Å². The van der Waals surface area contributed by atoms with Gasteiger partial charge in [0.25, 0.3) is 5.91 Å². The van der Waals surface area contributed by atoms with E-state index in [0.29, 0.717) is 12.2 Å². The first kappa shape index (κ1) is 15.8. The Bertz CT molecular complexity index is 661. The van der Waals surface area contributed by atoms with Crippen molar-refractivity contribution in [3.63, 3.8) is 0 Å². The molecule has 6 nitrogen and oxygen atoms in total. The van der Waals surface area contributed by atoms with Gasteiger partial charge in [0.15, 0.2) is 12.1 Å². The predicted molar refractivity (Wildman–Crippen MR) is 79.6 cm³/mol. The third kappa shape index (κ3) is 3.94. The number of aromatic nitrogens is 1. The van der Waals surface area contributed by atoms with Crippen molar-refractivity contribution < 1.29 is 19.1 Å². The Morgan fingerprint density at radius 2 is 1.95 bits per heavy atom. The second-order valence-corrected chi connectivity index (χ2v) is 5.19. The van der Waals surface area contributed by atoms with Crippen molar-refractivity contribution >= 4 is 11.9 Å². The molecule has 1 amide bonds. The van der Waals surface area contributed by atoms with Gasteiger partial charge in [0, 0.05) is 6.54 Å². The molecule has 0 unspecified atom stereocenters. The summed E-state index contributed by atoms with van der Waals surface area (Å²) >= 11 is 0. The number of aliphatic carboxylic acids is 1. The van der Waals surface area contributed by atoms with Crippen LogP contribution in [0.5, 0.6) is 0 Å². The summed E-state index contributed by atoms with van der Waals surface area (Å²) in [6.45, 7) is 3.64. The fourth-order valence-corrected chi connectivity index (χ4v) is 2.08. The summed E-state index contributed by atoms with van der Waals surface area (Å²) in [6.07, 6.45) is 1.54. The first-order chi connectivity index (χ1) is 10.5. The quantitative estimate of drug-likeness (QED) is 0.851. The summed E-state index contributed by atoms with van der Waals surface area (Å²) in [6, 6.07) is 7.67. The highest BCUT2D eigenvalue weighted by Crippen LogP contribution is 2.11. The Kier molecular flexibility index (Phi) is 4.93. The van der Waals surface area contributed by atoms with E-state index in [0.717, 1.165) is 11.1 Å². The lowest BCUT2D eigenvalue weighted by atomic mass is 9.98. The summed E-state index contributed by atoms with van der Waals surface area (Å²) in [5.41, 5.74) is 2.22. The third-order valence-electron chi connectivity index (χ3n) is 3.42. The van der Waals surface area contributed by atoms with E-state index in [2.05, 4.69) is 10.3 Å². The van der Waals surface area contributed by atoms with Gasteiger partial charge in [-0.1, -0.05) is 29.8 Å². The van der Waals surface area contributed by atoms with Gasteiger partial charge in [0.1, 0.15) is 5.76 Å². The van der Waals surface area contributed by atoms with E-state index >= 15 is 0 Å². The molecule has 2 aromatic rings. The van der Waals surface area contributed by atoms with Crippen molar-refractivity contribution in [3.05, 3.63) is 53.2 Å². The molecule has 1 atom stereocenters. The van der Waals surface area contributed by atoms with Crippen LogP contribution in [0.1, 0.15) is 27.4 Å². The number of nitrogens with zero attached hydrogens (tertiary/aromatic N) is 1. The van der Waals surface area contributed by atoms with E-state index in [-0.39, 0.29) is 12.2 Å². The zero-order valence-electron chi connectivity index (χ0n) is 12.5. The van der Waals surface area contributed by atoms with Gasteiger partial charge in [-0.3, -0.25) is 9.59 Å². The van der Waals surface area contributed by atoms with Crippen molar-refractivity contribution in [3.8, 4) is 0 Å². The molecule has 0 saturated carbocycles. The van der Waals surface area contributed by atoms with E-state index in [1.165, 1.54) is 6.39 Å². The monoisotopic (exact) mass is 302 g/mol. The fourth-order valence-electron chi connectivity index (χ4n) is 2.08. The van der Waals surface area contributed by atoms with Gasteiger partial charge in [-0.25, -0.2) is 4.98 Å². The van der Waals surface area contributed by atoms with Gasteiger partial charge in [0.05, 0.1) is 5.92 Å². The van der Waals surface area contributed by atoms with Crippen LogP contribution in [0.2, 0.25) is 0 Å². The second-order valence-electron chi connectivity index (χ2n) is 5.19. The van der Waals surface area contributed by atoms with Crippen molar-refractivity contribution in [2.45, 2.75) is 20.3 Å². The molecule has 2 N–H and O–H groups in total. The average molecular weight is 302 g/mol. The van der Waals surface area contributed by atoms with Gasteiger partial charge in [0.2, 0.25) is 0 Å². The van der Waals surface area contributed by atoms with Crippen LogP contribution in [0.3, 0.4) is 0 Å². The molecule has 0 aliphatic carbocycles. The lowest BCUT2D eigenvalue weighted by Crippen LogP contribution is -2.34. The van der Waals surface area contributed by atoms with E-state index in [4.69, 9.17) is 4.42 Å². The number of nitrogens with one attached hydrogen (secondary N) is 1. The average Bonchev–Trinajstić information content (AvgIpc) is 2.91. The molecule has 0 radical (unpaired) electrons. The number of carbonyl (C=O) groups excluding carboxylic acids is 1. The van der Waals surface area contributed by atoms with Crippen LogP contribution in [0.4, 0.5) is 0 Å². The molecule has 0 bridgehead atoms. The smallest absolute Gasteiger partial charge is 0.308 e. The molecule has 116 valence electrons. The van der Waals surface area contributed by atoms with Gasteiger partial charge in [-0.2, -0.15) is 0 Å². The lowest BCUT2D eigenvalue weighted by molar-refractivity contribution is -0.141. The Morgan fingerprint density at radius 1 is 1.27 bits per heavy atom. The van der Waals surface area contributed by atoms with Crippen molar-refractivity contribution in [1.29, 1.82) is 0 Å². The van der Waals surface area contributed by atoms with Crippen molar-refractivity contribution in [1.82, 2.24) is 10.3 Å². The normalized spacial score (nSPS) is 11.9. The summed E-state index contributed by atoms with van der Waals surface area (Å²) in [5, 5.41) is 11.9. The molecule has 0 fully saturated rings. The molecular weight excluding hydrogens is 284 g/mol. The van der Waals surface area contributed by atoms with Crippen molar-refractivity contribution in [2.75, 3.05) is 6.54 Å². The van der Waals surface area contributed by atoms with Crippen LogP contribution in [0.25, 0.3) is 0 Å². The molecule has 0 saturated heterocycles. The zero-order valence-corrected chi connectivity index (χ0v) is 12.5. The van der Waals surface area contributed by atoms with Crippen LogP contribution in [-0.4, -0.2) is 28.5 Å². The van der Waals surface area contributed by atoms with E-state index < -0.39 is 17.8 Å². The largest absolute Gasteiger partial charge is 0.481 e. The van der Waals surface area contributed by atoms with Crippen molar-refractivity contribution in [2.24, 2.45) is 5.92 Å². The highest BCUT2D eigenvalue weighted by molar-refractivity contribution is 5.93. The number of oxazole rings is 1. The van der Waals surface area contributed by atoms with Gasteiger partial charge < -0.3 is 14.8 Å². The van der Waals surface area contributed by atoms with Gasteiger partial charge >= 0.3 is 5.97 Å². The molecule has 1 heterocycles. The van der Waals surface area contributed by atoms with Crippen LogP contribution in [0.15, 0.2) is 35.1 Å². The number of aryl methyl sites for hydroxylation is 2.